The fourth-order valence-corrected chi connectivity index (χ4v) is 1.91. The van der Waals surface area contributed by atoms with Crippen LogP contribution in [0.2, 0.25) is 0 Å². The molecule has 1 fully saturated rings. The summed E-state index contributed by atoms with van der Waals surface area (Å²) < 4.78 is 0. The van der Waals surface area contributed by atoms with Gasteiger partial charge in [-0.2, -0.15) is 4.98 Å². The van der Waals surface area contributed by atoms with Crippen LogP contribution in [0.4, 0.5) is 11.8 Å². The predicted molar refractivity (Wildman–Crippen MR) is 66.5 cm³/mol. The van der Waals surface area contributed by atoms with Crippen LogP contribution in [-0.2, 0) is 0 Å². The van der Waals surface area contributed by atoms with Crippen molar-refractivity contribution in [2.75, 3.05) is 17.2 Å². The number of rotatable bonds is 5. The number of hydrogen-bond donors (Lipinski definition) is 1. The Morgan fingerprint density at radius 3 is 2.88 bits per heavy atom. The molecule has 1 heterocycles. The summed E-state index contributed by atoms with van der Waals surface area (Å²) in [5.74, 6) is 1.41. The summed E-state index contributed by atoms with van der Waals surface area (Å²) >= 11 is 0. The molecule has 0 bridgehead atoms. The van der Waals surface area contributed by atoms with Crippen molar-refractivity contribution < 1.29 is 0 Å². The molecule has 4 nitrogen and oxygen atoms in total. The van der Waals surface area contributed by atoms with E-state index >= 15 is 0 Å². The lowest BCUT2D eigenvalue weighted by molar-refractivity contribution is 0.702. The van der Waals surface area contributed by atoms with Crippen molar-refractivity contribution in [2.24, 2.45) is 0 Å². The molecule has 0 unspecified atom stereocenters. The van der Waals surface area contributed by atoms with Crippen LogP contribution in [0.15, 0.2) is 6.20 Å². The summed E-state index contributed by atoms with van der Waals surface area (Å²) in [7, 11) is 0. The van der Waals surface area contributed by atoms with Gasteiger partial charge >= 0.3 is 0 Å². The normalized spacial score (nSPS) is 15.1. The largest absolute Gasteiger partial charge is 0.368 e. The van der Waals surface area contributed by atoms with Crippen molar-refractivity contribution in [1.82, 2.24) is 9.97 Å². The zero-order chi connectivity index (χ0) is 11.5. The molecule has 0 aromatic carbocycles. The molecular formula is C12H20N4. The highest BCUT2D eigenvalue weighted by molar-refractivity contribution is 5.49. The number of anilines is 2. The monoisotopic (exact) mass is 220 g/mol. The first-order valence-corrected chi connectivity index (χ1v) is 6.08. The minimum absolute atomic E-state index is 0.378. The highest BCUT2D eigenvalue weighted by atomic mass is 15.2. The van der Waals surface area contributed by atoms with Crippen LogP contribution in [0.25, 0.3) is 0 Å². The maximum atomic E-state index is 5.67. The Balaban J connectivity index is 2.19. The summed E-state index contributed by atoms with van der Waals surface area (Å²) in [6.07, 6.45) is 6.81. The van der Waals surface area contributed by atoms with Crippen molar-refractivity contribution in [3.05, 3.63) is 11.8 Å². The van der Waals surface area contributed by atoms with E-state index in [2.05, 4.69) is 28.7 Å². The Morgan fingerprint density at radius 1 is 1.50 bits per heavy atom. The second kappa shape index (κ2) is 4.68. The van der Waals surface area contributed by atoms with Crippen LogP contribution in [0.1, 0.15) is 38.2 Å². The standard InChI is InChI=1S/C12H20N4/c1-3-4-7-16(10-5-6-10)11-9(2)8-14-12(13)15-11/h8,10H,3-7H2,1-2H3,(H2,13,14,15). The van der Waals surface area contributed by atoms with E-state index in [1.165, 1.54) is 25.7 Å². The summed E-state index contributed by atoms with van der Waals surface area (Å²) in [4.78, 5) is 10.8. The van der Waals surface area contributed by atoms with Crippen LogP contribution in [-0.4, -0.2) is 22.6 Å². The van der Waals surface area contributed by atoms with Crippen LogP contribution < -0.4 is 10.6 Å². The molecule has 16 heavy (non-hydrogen) atoms. The van der Waals surface area contributed by atoms with Crippen LogP contribution in [0, 0.1) is 6.92 Å². The first kappa shape index (κ1) is 11.2. The zero-order valence-corrected chi connectivity index (χ0v) is 10.1. The fourth-order valence-electron chi connectivity index (χ4n) is 1.91. The quantitative estimate of drug-likeness (QED) is 0.826. The lowest BCUT2D eigenvalue weighted by Gasteiger charge is -2.24. The molecule has 0 aliphatic heterocycles. The molecule has 4 heteroatoms. The molecule has 0 saturated heterocycles. The van der Waals surface area contributed by atoms with Gasteiger partial charge in [0.2, 0.25) is 5.95 Å². The van der Waals surface area contributed by atoms with E-state index < -0.39 is 0 Å². The number of unbranched alkanes of at least 4 members (excludes halogenated alkanes) is 1. The predicted octanol–water partition coefficient (Wildman–Crippen LogP) is 2.14. The Hall–Kier alpha value is -1.32. The van der Waals surface area contributed by atoms with Gasteiger partial charge in [0.15, 0.2) is 0 Å². The summed E-state index contributed by atoms with van der Waals surface area (Å²) in [5, 5.41) is 0. The van der Waals surface area contributed by atoms with Gasteiger partial charge in [0, 0.05) is 24.3 Å². The van der Waals surface area contributed by atoms with E-state index in [-0.39, 0.29) is 0 Å². The van der Waals surface area contributed by atoms with Crippen molar-refractivity contribution in [2.45, 2.75) is 45.6 Å². The second-order valence-corrected chi connectivity index (χ2v) is 4.51. The maximum Gasteiger partial charge on any atom is 0.221 e. The molecule has 0 spiro atoms. The summed E-state index contributed by atoms with van der Waals surface area (Å²) in [5.41, 5.74) is 6.79. The number of nitrogen functional groups attached to an aromatic ring is 1. The highest BCUT2D eigenvalue weighted by Crippen LogP contribution is 2.32. The summed E-state index contributed by atoms with van der Waals surface area (Å²) in [6, 6.07) is 0.680. The number of nitrogens with zero attached hydrogens (tertiary/aromatic N) is 3. The van der Waals surface area contributed by atoms with Crippen molar-refractivity contribution in [3.63, 3.8) is 0 Å². The second-order valence-electron chi connectivity index (χ2n) is 4.51. The Morgan fingerprint density at radius 2 is 2.25 bits per heavy atom. The molecule has 1 aromatic heterocycles. The lowest BCUT2D eigenvalue weighted by Crippen LogP contribution is -2.28. The van der Waals surface area contributed by atoms with Crippen LogP contribution in [0.5, 0.6) is 0 Å². The van der Waals surface area contributed by atoms with Gasteiger partial charge in [-0.15, -0.1) is 0 Å². The van der Waals surface area contributed by atoms with E-state index in [0.717, 1.165) is 17.9 Å². The van der Waals surface area contributed by atoms with Crippen molar-refractivity contribution >= 4 is 11.8 Å². The van der Waals surface area contributed by atoms with E-state index in [4.69, 9.17) is 5.73 Å². The van der Waals surface area contributed by atoms with E-state index in [1.807, 2.05) is 6.20 Å². The first-order chi connectivity index (χ1) is 7.72. The zero-order valence-electron chi connectivity index (χ0n) is 10.1. The SMILES string of the molecule is CCCCN(c1nc(N)ncc1C)C1CC1. The van der Waals surface area contributed by atoms with Gasteiger partial charge in [0.1, 0.15) is 5.82 Å². The third kappa shape index (κ3) is 2.43. The molecule has 1 aromatic rings. The third-order valence-corrected chi connectivity index (χ3v) is 2.98. The van der Waals surface area contributed by atoms with Gasteiger partial charge in [-0.05, 0) is 26.2 Å². The number of nitrogens with two attached hydrogens (primary N) is 1. The topological polar surface area (TPSA) is 55.0 Å². The number of aromatic nitrogens is 2. The lowest BCUT2D eigenvalue weighted by atomic mass is 10.2. The minimum Gasteiger partial charge on any atom is -0.368 e. The molecule has 0 radical (unpaired) electrons. The smallest absolute Gasteiger partial charge is 0.221 e. The van der Waals surface area contributed by atoms with Gasteiger partial charge in [-0.3, -0.25) is 0 Å². The van der Waals surface area contributed by atoms with Gasteiger partial charge in [-0.25, -0.2) is 4.98 Å². The Bertz CT molecular complexity index is 360. The van der Waals surface area contributed by atoms with Gasteiger partial charge in [0.05, 0.1) is 0 Å². The maximum absolute atomic E-state index is 5.67. The average molecular weight is 220 g/mol. The summed E-state index contributed by atoms with van der Waals surface area (Å²) in [6.45, 7) is 5.35. The third-order valence-electron chi connectivity index (χ3n) is 2.98. The molecule has 1 aliphatic carbocycles. The van der Waals surface area contributed by atoms with E-state index in [1.54, 1.807) is 0 Å². The van der Waals surface area contributed by atoms with Crippen molar-refractivity contribution in [1.29, 1.82) is 0 Å². The molecule has 0 atom stereocenters. The molecule has 1 aliphatic rings. The fraction of sp³-hybridized carbons (Fsp3) is 0.667. The minimum atomic E-state index is 0.378. The van der Waals surface area contributed by atoms with E-state index in [9.17, 15) is 0 Å². The first-order valence-electron chi connectivity index (χ1n) is 6.08. The molecule has 2 rings (SSSR count). The number of aryl methyl sites for hydroxylation is 1. The van der Waals surface area contributed by atoms with Gasteiger partial charge in [0.25, 0.3) is 0 Å². The number of hydrogen-bond acceptors (Lipinski definition) is 4. The van der Waals surface area contributed by atoms with Crippen LogP contribution >= 0.6 is 0 Å². The Kier molecular flexibility index (Phi) is 3.27. The van der Waals surface area contributed by atoms with Gasteiger partial charge in [-0.1, -0.05) is 13.3 Å². The van der Waals surface area contributed by atoms with Crippen molar-refractivity contribution in [3.8, 4) is 0 Å². The molecule has 1 saturated carbocycles. The molecule has 88 valence electrons. The van der Waals surface area contributed by atoms with Crippen LogP contribution in [0.3, 0.4) is 0 Å². The molecule has 0 amide bonds. The van der Waals surface area contributed by atoms with Gasteiger partial charge < -0.3 is 10.6 Å². The Labute approximate surface area is 96.9 Å². The van der Waals surface area contributed by atoms with E-state index in [0.29, 0.717) is 12.0 Å². The molecular weight excluding hydrogens is 200 g/mol. The molecule has 2 N–H and O–H groups in total. The average Bonchev–Trinajstić information content (AvgIpc) is 3.08. The highest BCUT2D eigenvalue weighted by Gasteiger charge is 2.30.